The fourth-order valence-electron chi connectivity index (χ4n) is 2.82. The third kappa shape index (κ3) is 2.29. The highest BCUT2D eigenvalue weighted by molar-refractivity contribution is 7.71. The maximum absolute atomic E-state index is 5.51. The second-order valence-corrected chi connectivity index (χ2v) is 5.70. The van der Waals surface area contributed by atoms with E-state index >= 15 is 0 Å². The van der Waals surface area contributed by atoms with Crippen molar-refractivity contribution in [2.24, 2.45) is 0 Å². The molecule has 102 valence electrons. The molecule has 1 unspecified atom stereocenters. The molecule has 2 nitrogen and oxygen atoms in total. The minimum absolute atomic E-state index is 0.333. The number of fused-ring (bicyclic) bond motifs is 1. The van der Waals surface area contributed by atoms with Crippen molar-refractivity contribution >= 4 is 23.3 Å². The summed E-state index contributed by atoms with van der Waals surface area (Å²) in [7, 11) is 0. The molecule has 0 saturated carbocycles. The fourth-order valence-corrected chi connectivity index (χ4v) is 3.20. The Kier molecular flexibility index (Phi) is 3.45. The summed E-state index contributed by atoms with van der Waals surface area (Å²) < 4.78 is 3.05. The quantitative estimate of drug-likeness (QED) is 0.684. The van der Waals surface area contributed by atoms with E-state index in [2.05, 4.69) is 71.9 Å². The van der Waals surface area contributed by atoms with E-state index in [9.17, 15) is 0 Å². The molecule has 0 radical (unpaired) electrons. The van der Waals surface area contributed by atoms with E-state index in [1.165, 1.54) is 16.6 Å². The van der Waals surface area contributed by atoms with Gasteiger partial charge >= 0.3 is 0 Å². The van der Waals surface area contributed by atoms with E-state index in [-0.39, 0.29) is 0 Å². The normalized spacial score (nSPS) is 12.7. The Morgan fingerprint density at radius 2 is 1.85 bits per heavy atom. The Morgan fingerprint density at radius 1 is 1.10 bits per heavy atom. The number of rotatable bonds is 3. The SMILES string of the molecule is Cc1cccc2[nH]c(=S)n(C(C)Cc3ccccc3)c12. The van der Waals surface area contributed by atoms with Gasteiger partial charge in [-0.1, -0.05) is 42.5 Å². The Bertz CT molecular complexity index is 784. The van der Waals surface area contributed by atoms with Gasteiger partial charge in [0.2, 0.25) is 0 Å². The minimum Gasteiger partial charge on any atom is -0.331 e. The molecule has 1 heterocycles. The number of para-hydroxylation sites is 1. The lowest BCUT2D eigenvalue weighted by Gasteiger charge is -2.15. The van der Waals surface area contributed by atoms with Gasteiger partial charge in [0.1, 0.15) is 0 Å². The minimum atomic E-state index is 0.333. The number of aromatic nitrogens is 2. The third-order valence-corrected chi connectivity index (χ3v) is 4.05. The topological polar surface area (TPSA) is 20.7 Å². The average molecular weight is 282 g/mol. The molecule has 0 saturated heterocycles. The smallest absolute Gasteiger partial charge is 0.178 e. The summed E-state index contributed by atoms with van der Waals surface area (Å²) in [6.07, 6.45) is 0.983. The summed E-state index contributed by atoms with van der Waals surface area (Å²) in [5, 5.41) is 0. The van der Waals surface area contributed by atoms with E-state index in [0.29, 0.717) is 6.04 Å². The third-order valence-electron chi connectivity index (χ3n) is 3.75. The van der Waals surface area contributed by atoms with E-state index in [0.717, 1.165) is 16.7 Å². The fraction of sp³-hybridized carbons (Fsp3) is 0.235. The maximum atomic E-state index is 5.51. The van der Waals surface area contributed by atoms with Crippen LogP contribution < -0.4 is 0 Å². The van der Waals surface area contributed by atoms with Crippen molar-refractivity contribution in [2.45, 2.75) is 26.3 Å². The second-order valence-electron chi connectivity index (χ2n) is 5.31. The molecule has 2 aromatic carbocycles. The number of benzene rings is 2. The first kappa shape index (κ1) is 13.1. The van der Waals surface area contributed by atoms with Gasteiger partial charge in [0, 0.05) is 6.04 Å². The first-order chi connectivity index (χ1) is 9.66. The highest BCUT2D eigenvalue weighted by Crippen LogP contribution is 2.24. The number of imidazole rings is 1. The van der Waals surface area contributed by atoms with Crippen molar-refractivity contribution in [3.05, 3.63) is 64.4 Å². The van der Waals surface area contributed by atoms with Crippen LogP contribution in [0.15, 0.2) is 48.5 Å². The van der Waals surface area contributed by atoms with Crippen molar-refractivity contribution in [3.8, 4) is 0 Å². The average Bonchev–Trinajstić information content (AvgIpc) is 2.77. The summed E-state index contributed by atoms with van der Waals surface area (Å²) in [5.41, 5.74) is 4.94. The number of nitrogens with one attached hydrogen (secondary N) is 1. The van der Waals surface area contributed by atoms with E-state index in [4.69, 9.17) is 12.2 Å². The lowest BCUT2D eigenvalue weighted by Crippen LogP contribution is -2.09. The Hall–Kier alpha value is -1.87. The Morgan fingerprint density at radius 3 is 2.60 bits per heavy atom. The molecule has 0 spiro atoms. The van der Waals surface area contributed by atoms with Gasteiger partial charge in [0.15, 0.2) is 4.77 Å². The van der Waals surface area contributed by atoms with Crippen molar-refractivity contribution in [3.63, 3.8) is 0 Å². The van der Waals surface area contributed by atoms with Crippen LogP contribution >= 0.6 is 12.2 Å². The van der Waals surface area contributed by atoms with Crippen LogP contribution in [0.4, 0.5) is 0 Å². The zero-order valence-corrected chi connectivity index (χ0v) is 12.6. The molecule has 0 fully saturated rings. The molecule has 0 bridgehead atoms. The molecule has 0 amide bonds. The number of hydrogen-bond acceptors (Lipinski definition) is 1. The molecule has 0 aliphatic carbocycles. The van der Waals surface area contributed by atoms with Crippen LogP contribution in [0, 0.1) is 11.7 Å². The number of aromatic amines is 1. The van der Waals surface area contributed by atoms with Crippen LogP contribution in [0.5, 0.6) is 0 Å². The van der Waals surface area contributed by atoms with Gasteiger partial charge in [-0.25, -0.2) is 0 Å². The second kappa shape index (κ2) is 5.25. The molecule has 1 N–H and O–H groups in total. The lowest BCUT2D eigenvalue weighted by molar-refractivity contribution is 0.552. The van der Waals surface area contributed by atoms with E-state index in [1.54, 1.807) is 0 Å². The van der Waals surface area contributed by atoms with Crippen molar-refractivity contribution < 1.29 is 0 Å². The number of nitrogens with zero attached hydrogens (tertiary/aromatic N) is 1. The van der Waals surface area contributed by atoms with E-state index in [1.807, 2.05) is 0 Å². The molecule has 20 heavy (non-hydrogen) atoms. The van der Waals surface area contributed by atoms with Gasteiger partial charge in [-0.2, -0.15) is 0 Å². The zero-order chi connectivity index (χ0) is 14.1. The van der Waals surface area contributed by atoms with Crippen molar-refractivity contribution in [1.29, 1.82) is 0 Å². The van der Waals surface area contributed by atoms with Crippen LogP contribution in [0.1, 0.15) is 24.1 Å². The van der Waals surface area contributed by atoms with Crippen LogP contribution in [0.2, 0.25) is 0 Å². The molecule has 0 aliphatic rings. The molecular weight excluding hydrogens is 264 g/mol. The molecule has 1 aromatic heterocycles. The van der Waals surface area contributed by atoms with Gasteiger partial charge < -0.3 is 9.55 Å². The molecular formula is C17H18N2S. The molecule has 0 aliphatic heterocycles. The predicted molar refractivity (Wildman–Crippen MR) is 86.7 cm³/mol. The molecule has 1 atom stereocenters. The molecule has 3 heteroatoms. The van der Waals surface area contributed by atoms with Gasteiger partial charge in [0.05, 0.1) is 11.0 Å². The number of hydrogen-bond donors (Lipinski definition) is 1. The van der Waals surface area contributed by atoms with Crippen LogP contribution in [0.25, 0.3) is 11.0 Å². The lowest BCUT2D eigenvalue weighted by atomic mass is 10.1. The van der Waals surface area contributed by atoms with E-state index < -0.39 is 0 Å². The summed E-state index contributed by atoms with van der Waals surface area (Å²) in [5.74, 6) is 0. The summed E-state index contributed by atoms with van der Waals surface area (Å²) >= 11 is 5.51. The highest BCUT2D eigenvalue weighted by Gasteiger charge is 2.13. The largest absolute Gasteiger partial charge is 0.331 e. The first-order valence-corrected chi connectivity index (χ1v) is 7.31. The zero-order valence-electron chi connectivity index (χ0n) is 11.8. The van der Waals surface area contributed by atoms with Crippen LogP contribution in [-0.4, -0.2) is 9.55 Å². The van der Waals surface area contributed by atoms with Crippen LogP contribution in [-0.2, 0) is 6.42 Å². The Labute approximate surface area is 124 Å². The Balaban J connectivity index is 2.06. The van der Waals surface area contributed by atoms with Gasteiger partial charge in [-0.15, -0.1) is 0 Å². The van der Waals surface area contributed by atoms with Crippen LogP contribution in [0.3, 0.4) is 0 Å². The monoisotopic (exact) mass is 282 g/mol. The van der Waals surface area contributed by atoms with Crippen molar-refractivity contribution in [2.75, 3.05) is 0 Å². The van der Waals surface area contributed by atoms with Gasteiger partial charge in [-0.05, 0) is 49.7 Å². The van der Waals surface area contributed by atoms with Gasteiger partial charge in [-0.3, -0.25) is 0 Å². The summed E-state index contributed by atoms with van der Waals surface area (Å²) in [4.78, 5) is 3.31. The number of H-pyrrole nitrogens is 1. The molecule has 3 rings (SSSR count). The standard InChI is InChI=1S/C17H18N2S/c1-12-7-6-10-15-16(12)19(17(20)18-15)13(2)11-14-8-4-3-5-9-14/h3-10,13H,11H2,1-2H3,(H,18,20). The summed E-state index contributed by atoms with van der Waals surface area (Å²) in [6.45, 7) is 4.36. The first-order valence-electron chi connectivity index (χ1n) is 6.90. The highest BCUT2D eigenvalue weighted by atomic mass is 32.1. The molecule has 3 aromatic rings. The maximum Gasteiger partial charge on any atom is 0.178 e. The van der Waals surface area contributed by atoms with Gasteiger partial charge in [0.25, 0.3) is 0 Å². The number of aryl methyl sites for hydroxylation is 1. The predicted octanol–water partition coefficient (Wildman–Crippen LogP) is 4.81. The summed E-state index contributed by atoms with van der Waals surface area (Å²) in [6, 6.07) is 17.2. The van der Waals surface area contributed by atoms with Crippen molar-refractivity contribution in [1.82, 2.24) is 9.55 Å².